The number of carbonyl (C=O) groups excluding carboxylic acids is 2. The van der Waals surface area contributed by atoms with Gasteiger partial charge in [0.15, 0.2) is 0 Å². The van der Waals surface area contributed by atoms with Crippen LogP contribution in [0.4, 0.5) is 0 Å². The molecule has 27 heavy (non-hydrogen) atoms. The lowest BCUT2D eigenvalue weighted by molar-refractivity contribution is -0.129. The van der Waals surface area contributed by atoms with Crippen LogP contribution in [0.15, 0.2) is 47.4 Å². The van der Waals surface area contributed by atoms with E-state index in [1.54, 1.807) is 20.2 Å². The summed E-state index contributed by atoms with van der Waals surface area (Å²) >= 11 is 0. The second-order valence-corrected chi connectivity index (χ2v) is 7.16. The first-order valence-electron chi connectivity index (χ1n) is 9.01. The topological polar surface area (TPSA) is 71.4 Å². The second kappa shape index (κ2) is 8.66. The molecule has 6 heteroatoms. The number of rotatable bonds is 6. The predicted octanol–water partition coefficient (Wildman–Crippen LogP) is 2.55. The molecular formula is C21H27N3O3. The van der Waals surface area contributed by atoms with Crippen LogP contribution < -0.4 is 10.9 Å². The highest BCUT2D eigenvalue weighted by Crippen LogP contribution is 2.18. The van der Waals surface area contributed by atoms with Gasteiger partial charge in [-0.1, -0.05) is 38.1 Å². The molecule has 1 aromatic carbocycles. The Balaban J connectivity index is 2.15. The van der Waals surface area contributed by atoms with E-state index in [2.05, 4.69) is 19.2 Å². The minimum absolute atomic E-state index is 0.0229. The van der Waals surface area contributed by atoms with Crippen LogP contribution in [0.5, 0.6) is 0 Å². The Morgan fingerprint density at radius 1 is 1.04 bits per heavy atom. The predicted molar refractivity (Wildman–Crippen MR) is 106 cm³/mol. The van der Waals surface area contributed by atoms with E-state index in [1.165, 1.54) is 27.3 Å². The number of pyridine rings is 1. The van der Waals surface area contributed by atoms with Crippen LogP contribution in [0.25, 0.3) is 0 Å². The highest BCUT2D eigenvalue weighted by molar-refractivity contribution is 5.94. The van der Waals surface area contributed by atoms with Crippen LogP contribution in [0.1, 0.15) is 54.2 Å². The van der Waals surface area contributed by atoms with Gasteiger partial charge in [-0.3, -0.25) is 14.4 Å². The van der Waals surface area contributed by atoms with Crippen molar-refractivity contribution in [2.75, 3.05) is 14.1 Å². The molecule has 1 aromatic heterocycles. The molecule has 0 aliphatic rings. The molecule has 2 amide bonds. The van der Waals surface area contributed by atoms with Gasteiger partial charge in [0.25, 0.3) is 11.5 Å². The Bertz CT molecular complexity index is 867. The Kier molecular flexibility index (Phi) is 6.55. The van der Waals surface area contributed by atoms with Crippen molar-refractivity contribution in [3.8, 4) is 0 Å². The number of likely N-dealkylation sites (N-methyl/N-ethyl adjacent to an activating group) is 1. The third-order valence-electron chi connectivity index (χ3n) is 4.52. The van der Waals surface area contributed by atoms with Gasteiger partial charge in [0.1, 0.15) is 12.1 Å². The van der Waals surface area contributed by atoms with Gasteiger partial charge < -0.3 is 14.8 Å². The van der Waals surface area contributed by atoms with Crippen LogP contribution in [0, 0.1) is 0 Å². The number of hydrogen-bond acceptors (Lipinski definition) is 3. The highest BCUT2D eigenvalue weighted by Gasteiger charge is 2.17. The van der Waals surface area contributed by atoms with Crippen molar-refractivity contribution in [3.63, 3.8) is 0 Å². The Morgan fingerprint density at radius 2 is 1.63 bits per heavy atom. The monoisotopic (exact) mass is 369 g/mol. The molecule has 0 bridgehead atoms. The van der Waals surface area contributed by atoms with E-state index in [-0.39, 0.29) is 24.1 Å². The molecule has 1 atom stereocenters. The largest absolute Gasteiger partial charge is 0.347 e. The smallest absolute Gasteiger partial charge is 0.263 e. The van der Waals surface area contributed by atoms with Crippen molar-refractivity contribution in [1.29, 1.82) is 0 Å². The molecule has 1 unspecified atom stereocenters. The maximum Gasteiger partial charge on any atom is 0.263 e. The van der Waals surface area contributed by atoms with E-state index < -0.39 is 11.5 Å². The van der Waals surface area contributed by atoms with Gasteiger partial charge in [0.2, 0.25) is 5.91 Å². The normalized spacial score (nSPS) is 11.9. The molecule has 0 aliphatic carbocycles. The van der Waals surface area contributed by atoms with Gasteiger partial charge >= 0.3 is 0 Å². The summed E-state index contributed by atoms with van der Waals surface area (Å²) in [5.41, 5.74) is 1.74. The second-order valence-electron chi connectivity index (χ2n) is 7.16. The number of nitrogens with one attached hydrogen (secondary N) is 1. The lowest BCUT2D eigenvalue weighted by Gasteiger charge is -2.16. The molecule has 1 N–H and O–H groups in total. The Labute approximate surface area is 159 Å². The van der Waals surface area contributed by atoms with Crippen molar-refractivity contribution < 1.29 is 9.59 Å². The summed E-state index contributed by atoms with van der Waals surface area (Å²) in [6.45, 7) is 6.03. The minimum Gasteiger partial charge on any atom is -0.347 e. The fraction of sp³-hybridized carbons (Fsp3) is 0.381. The number of amides is 2. The van der Waals surface area contributed by atoms with Gasteiger partial charge in [-0.05, 0) is 36.1 Å². The van der Waals surface area contributed by atoms with E-state index in [1.807, 2.05) is 31.2 Å². The van der Waals surface area contributed by atoms with Crippen molar-refractivity contribution in [2.45, 2.75) is 39.3 Å². The molecule has 144 valence electrons. The third-order valence-corrected chi connectivity index (χ3v) is 4.52. The first-order valence-corrected chi connectivity index (χ1v) is 9.01. The standard InChI is InChI=1S/C21H27N3O3/c1-14(2)16-8-10-17(11-9-16)15(3)22-20(26)18-7-6-12-24(21(18)27)13-19(25)23(4)5/h6-12,14-15H,13H2,1-5H3,(H,22,26). The molecule has 2 aromatic rings. The van der Waals surface area contributed by atoms with E-state index in [0.29, 0.717) is 5.92 Å². The quantitative estimate of drug-likeness (QED) is 0.851. The molecule has 0 radical (unpaired) electrons. The lowest BCUT2D eigenvalue weighted by Crippen LogP contribution is -2.36. The number of carbonyl (C=O) groups is 2. The average molecular weight is 369 g/mol. The van der Waals surface area contributed by atoms with Gasteiger partial charge in [0.05, 0.1) is 6.04 Å². The van der Waals surface area contributed by atoms with Crippen molar-refractivity contribution in [3.05, 3.63) is 69.6 Å². The van der Waals surface area contributed by atoms with Crippen LogP contribution in [-0.2, 0) is 11.3 Å². The summed E-state index contributed by atoms with van der Waals surface area (Å²) in [6.07, 6.45) is 1.51. The van der Waals surface area contributed by atoms with E-state index in [0.717, 1.165) is 5.56 Å². The lowest BCUT2D eigenvalue weighted by atomic mass is 9.99. The van der Waals surface area contributed by atoms with E-state index in [4.69, 9.17) is 0 Å². The van der Waals surface area contributed by atoms with E-state index in [9.17, 15) is 14.4 Å². The third kappa shape index (κ3) is 5.06. The summed E-state index contributed by atoms with van der Waals surface area (Å²) in [6, 6.07) is 10.9. The summed E-state index contributed by atoms with van der Waals surface area (Å²) in [4.78, 5) is 38.4. The average Bonchev–Trinajstić information content (AvgIpc) is 2.63. The summed E-state index contributed by atoms with van der Waals surface area (Å²) in [5.74, 6) is -0.225. The number of benzene rings is 1. The maximum atomic E-state index is 12.6. The summed E-state index contributed by atoms with van der Waals surface area (Å²) < 4.78 is 1.25. The van der Waals surface area contributed by atoms with Gasteiger partial charge in [-0.25, -0.2) is 0 Å². The fourth-order valence-electron chi connectivity index (χ4n) is 2.65. The van der Waals surface area contributed by atoms with Crippen molar-refractivity contribution in [2.24, 2.45) is 0 Å². The molecule has 0 saturated heterocycles. The fourth-order valence-corrected chi connectivity index (χ4v) is 2.65. The highest BCUT2D eigenvalue weighted by atomic mass is 16.2. The summed E-state index contributed by atoms with van der Waals surface area (Å²) in [7, 11) is 3.24. The number of nitrogens with zero attached hydrogens (tertiary/aromatic N) is 2. The van der Waals surface area contributed by atoms with E-state index >= 15 is 0 Å². The van der Waals surface area contributed by atoms with Crippen LogP contribution in [0.3, 0.4) is 0 Å². The molecule has 0 saturated carbocycles. The van der Waals surface area contributed by atoms with Crippen molar-refractivity contribution in [1.82, 2.24) is 14.8 Å². The van der Waals surface area contributed by atoms with Crippen molar-refractivity contribution >= 4 is 11.8 Å². The van der Waals surface area contributed by atoms with Crippen LogP contribution in [-0.4, -0.2) is 35.4 Å². The SMILES string of the molecule is CC(C)c1ccc(C(C)NC(=O)c2cccn(CC(=O)N(C)C)c2=O)cc1. The summed E-state index contributed by atoms with van der Waals surface area (Å²) in [5, 5.41) is 2.86. The maximum absolute atomic E-state index is 12.6. The molecular weight excluding hydrogens is 342 g/mol. The Hall–Kier alpha value is -2.89. The number of aromatic nitrogens is 1. The van der Waals surface area contributed by atoms with Gasteiger partial charge in [0, 0.05) is 20.3 Å². The Morgan fingerprint density at radius 3 is 2.19 bits per heavy atom. The first kappa shape index (κ1) is 20.4. The zero-order chi connectivity index (χ0) is 20.1. The molecule has 1 heterocycles. The number of hydrogen-bond donors (Lipinski definition) is 1. The molecule has 0 spiro atoms. The molecule has 0 aliphatic heterocycles. The molecule has 0 fully saturated rings. The first-order chi connectivity index (χ1) is 12.7. The molecule has 6 nitrogen and oxygen atoms in total. The minimum atomic E-state index is -0.479. The zero-order valence-electron chi connectivity index (χ0n) is 16.5. The zero-order valence-corrected chi connectivity index (χ0v) is 16.5. The molecule has 2 rings (SSSR count). The van der Waals surface area contributed by atoms with Crippen LogP contribution in [0.2, 0.25) is 0 Å². The van der Waals surface area contributed by atoms with Gasteiger partial charge in [-0.15, -0.1) is 0 Å². The van der Waals surface area contributed by atoms with Gasteiger partial charge in [-0.2, -0.15) is 0 Å². The van der Waals surface area contributed by atoms with Crippen LogP contribution >= 0.6 is 0 Å².